The molecule has 0 spiro atoms. The van der Waals surface area contributed by atoms with E-state index in [1.54, 1.807) is 0 Å². The van der Waals surface area contributed by atoms with Crippen LogP contribution in [0.2, 0.25) is 0 Å². The smallest absolute Gasteiger partial charge is 0.0243 e. The van der Waals surface area contributed by atoms with E-state index in [0.29, 0.717) is 16.9 Å². The van der Waals surface area contributed by atoms with Crippen molar-refractivity contribution in [2.45, 2.75) is 60.9 Å². The molecular formula is C16H34N2. The zero-order chi connectivity index (χ0) is 14.0. The minimum absolute atomic E-state index is 0.355. The predicted molar refractivity (Wildman–Crippen MR) is 80.9 cm³/mol. The normalized spacial score (nSPS) is 25.8. The van der Waals surface area contributed by atoms with Gasteiger partial charge >= 0.3 is 0 Å². The Morgan fingerprint density at radius 2 is 1.78 bits per heavy atom. The van der Waals surface area contributed by atoms with E-state index in [1.807, 2.05) is 0 Å². The first kappa shape index (κ1) is 16.0. The number of nitrogens with zero attached hydrogens (tertiary/aromatic N) is 1. The molecule has 2 atom stereocenters. The van der Waals surface area contributed by atoms with Crippen LogP contribution < -0.4 is 5.32 Å². The Morgan fingerprint density at radius 3 is 2.28 bits per heavy atom. The minimum atomic E-state index is 0.355. The van der Waals surface area contributed by atoms with Crippen molar-refractivity contribution in [3.8, 4) is 0 Å². The van der Waals surface area contributed by atoms with E-state index in [9.17, 15) is 0 Å². The first-order valence-electron chi connectivity index (χ1n) is 7.56. The van der Waals surface area contributed by atoms with Crippen molar-refractivity contribution in [1.29, 1.82) is 0 Å². The Hall–Kier alpha value is -0.0800. The van der Waals surface area contributed by atoms with Crippen molar-refractivity contribution < 1.29 is 0 Å². The molecule has 1 aliphatic rings. The first-order chi connectivity index (χ1) is 8.10. The van der Waals surface area contributed by atoms with Gasteiger partial charge in [0.05, 0.1) is 0 Å². The average Bonchev–Trinajstić information content (AvgIpc) is 2.40. The molecule has 0 amide bonds. The topological polar surface area (TPSA) is 15.3 Å². The van der Waals surface area contributed by atoms with Gasteiger partial charge in [0.1, 0.15) is 0 Å². The monoisotopic (exact) mass is 254 g/mol. The summed E-state index contributed by atoms with van der Waals surface area (Å²) in [5, 5.41) is 3.72. The molecule has 0 aromatic carbocycles. The summed E-state index contributed by atoms with van der Waals surface area (Å²) in [6, 6.07) is 0.618. The predicted octanol–water partition coefficient (Wildman–Crippen LogP) is 3.38. The fourth-order valence-electron chi connectivity index (χ4n) is 2.40. The van der Waals surface area contributed by atoms with Gasteiger partial charge in [-0.25, -0.2) is 0 Å². The highest BCUT2D eigenvalue weighted by Crippen LogP contribution is 2.27. The quantitative estimate of drug-likeness (QED) is 0.813. The summed E-state index contributed by atoms with van der Waals surface area (Å²) in [6.45, 7) is 21.4. The first-order valence-corrected chi connectivity index (χ1v) is 7.56. The van der Waals surface area contributed by atoms with Crippen LogP contribution in [0.3, 0.4) is 0 Å². The molecule has 0 aromatic rings. The Morgan fingerprint density at radius 1 is 1.17 bits per heavy atom. The van der Waals surface area contributed by atoms with Gasteiger partial charge < -0.3 is 10.2 Å². The van der Waals surface area contributed by atoms with Crippen LogP contribution in [0.15, 0.2) is 0 Å². The lowest BCUT2D eigenvalue weighted by molar-refractivity contribution is 0.139. The Bertz CT molecular complexity index is 247. The van der Waals surface area contributed by atoms with Gasteiger partial charge in [-0.05, 0) is 36.3 Å². The van der Waals surface area contributed by atoms with Crippen LogP contribution >= 0.6 is 0 Å². The third kappa shape index (κ3) is 4.89. The third-order valence-corrected chi connectivity index (χ3v) is 4.54. The zero-order valence-electron chi connectivity index (χ0n) is 13.6. The van der Waals surface area contributed by atoms with Gasteiger partial charge in [-0.2, -0.15) is 0 Å². The maximum absolute atomic E-state index is 3.72. The molecule has 2 heteroatoms. The average molecular weight is 254 g/mol. The van der Waals surface area contributed by atoms with Crippen molar-refractivity contribution in [2.24, 2.45) is 16.7 Å². The van der Waals surface area contributed by atoms with Crippen LogP contribution in [-0.2, 0) is 0 Å². The van der Waals surface area contributed by atoms with E-state index in [0.717, 1.165) is 5.92 Å². The van der Waals surface area contributed by atoms with Crippen molar-refractivity contribution in [2.75, 3.05) is 26.2 Å². The van der Waals surface area contributed by atoms with Crippen molar-refractivity contribution >= 4 is 0 Å². The van der Waals surface area contributed by atoms with Crippen LogP contribution in [0, 0.1) is 16.7 Å². The molecule has 1 heterocycles. The summed E-state index contributed by atoms with van der Waals surface area (Å²) in [4.78, 5) is 2.67. The molecule has 0 aromatic heterocycles. The van der Waals surface area contributed by atoms with Crippen molar-refractivity contribution in [1.82, 2.24) is 10.2 Å². The molecule has 0 radical (unpaired) electrons. The second-order valence-corrected chi connectivity index (χ2v) is 8.25. The van der Waals surface area contributed by atoms with Crippen LogP contribution in [0.1, 0.15) is 54.9 Å². The van der Waals surface area contributed by atoms with Crippen molar-refractivity contribution in [3.63, 3.8) is 0 Å². The Balaban J connectivity index is 2.60. The molecule has 0 aliphatic carbocycles. The van der Waals surface area contributed by atoms with E-state index in [2.05, 4.69) is 58.7 Å². The van der Waals surface area contributed by atoms with E-state index in [4.69, 9.17) is 0 Å². The molecule has 0 bridgehead atoms. The molecule has 1 N–H and O–H groups in total. The maximum atomic E-state index is 3.72. The summed E-state index contributed by atoms with van der Waals surface area (Å²) in [5.41, 5.74) is 0.768. The standard InChI is InChI=1S/C16H34N2/c1-13(15(2,3)4)11-18-10-8-9-17-14(12-18)16(5,6)7/h13-14,17H,8-12H2,1-7H3. The van der Waals surface area contributed by atoms with Crippen LogP contribution in [0.25, 0.3) is 0 Å². The highest BCUT2D eigenvalue weighted by atomic mass is 15.2. The summed E-state index contributed by atoms with van der Waals surface area (Å²) >= 11 is 0. The van der Waals surface area contributed by atoms with Gasteiger partial charge in [0.25, 0.3) is 0 Å². The van der Waals surface area contributed by atoms with E-state index in [1.165, 1.54) is 32.6 Å². The third-order valence-electron chi connectivity index (χ3n) is 4.54. The van der Waals surface area contributed by atoms with E-state index < -0.39 is 0 Å². The van der Waals surface area contributed by atoms with Gasteiger partial charge in [0, 0.05) is 19.1 Å². The fraction of sp³-hybridized carbons (Fsp3) is 1.00. The lowest BCUT2D eigenvalue weighted by Gasteiger charge is -2.37. The molecule has 2 nitrogen and oxygen atoms in total. The highest BCUT2D eigenvalue weighted by molar-refractivity contribution is 4.87. The second-order valence-electron chi connectivity index (χ2n) is 8.25. The molecule has 108 valence electrons. The largest absolute Gasteiger partial charge is 0.312 e. The fourth-order valence-corrected chi connectivity index (χ4v) is 2.40. The second kappa shape index (κ2) is 5.92. The summed E-state index contributed by atoms with van der Waals surface area (Å²) in [5.74, 6) is 0.746. The maximum Gasteiger partial charge on any atom is 0.0243 e. The molecule has 0 saturated carbocycles. The highest BCUT2D eigenvalue weighted by Gasteiger charge is 2.30. The molecular weight excluding hydrogens is 220 g/mol. The van der Waals surface area contributed by atoms with Crippen molar-refractivity contribution in [3.05, 3.63) is 0 Å². The Kier molecular flexibility index (Phi) is 5.25. The molecule has 1 fully saturated rings. The van der Waals surface area contributed by atoms with E-state index >= 15 is 0 Å². The van der Waals surface area contributed by atoms with E-state index in [-0.39, 0.29) is 0 Å². The van der Waals surface area contributed by atoms with Crippen LogP contribution in [0.4, 0.5) is 0 Å². The molecule has 2 unspecified atom stereocenters. The van der Waals surface area contributed by atoms with Gasteiger partial charge in [-0.1, -0.05) is 48.5 Å². The number of rotatable bonds is 2. The summed E-state index contributed by atoms with van der Waals surface area (Å²) in [7, 11) is 0. The summed E-state index contributed by atoms with van der Waals surface area (Å²) in [6.07, 6.45) is 1.28. The lowest BCUT2D eigenvalue weighted by atomic mass is 9.81. The van der Waals surface area contributed by atoms with Gasteiger partial charge in [0.15, 0.2) is 0 Å². The summed E-state index contributed by atoms with van der Waals surface area (Å²) < 4.78 is 0. The molecule has 1 aliphatic heterocycles. The SMILES string of the molecule is CC(CN1CCCNC(C(C)(C)C)C1)C(C)(C)C. The molecule has 18 heavy (non-hydrogen) atoms. The van der Waals surface area contributed by atoms with Gasteiger partial charge in [-0.3, -0.25) is 0 Å². The molecule has 1 saturated heterocycles. The van der Waals surface area contributed by atoms with Gasteiger partial charge in [-0.15, -0.1) is 0 Å². The number of nitrogens with one attached hydrogen (secondary N) is 1. The Labute approximate surface area is 115 Å². The van der Waals surface area contributed by atoms with Crippen LogP contribution in [-0.4, -0.2) is 37.1 Å². The molecule has 1 rings (SSSR count). The zero-order valence-corrected chi connectivity index (χ0v) is 13.6. The lowest BCUT2D eigenvalue weighted by Crippen LogP contribution is -2.47. The number of hydrogen-bond acceptors (Lipinski definition) is 2. The van der Waals surface area contributed by atoms with Gasteiger partial charge in [0.2, 0.25) is 0 Å². The minimum Gasteiger partial charge on any atom is -0.312 e. The van der Waals surface area contributed by atoms with Crippen LogP contribution in [0.5, 0.6) is 0 Å². The number of hydrogen-bond donors (Lipinski definition) is 1.